The first-order valence-electron chi connectivity index (χ1n) is 8.11. The number of aryl methyl sites for hydroxylation is 1. The SMILES string of the molecule is Cl.Nc1ccccc1CCC(=O)N1CCSCC1c1ccc(Cl)cc1. The maximum absolute atomic E-state index is 12.8. The minimum absolute atomic E-state index is 0. The summed E-state index contributed by atoms with van der Waals surface area (Å²) in [6, 6.07) is 15.7. The largest absolute Gasteiger partial charge is 0.399 e. The fourth-order valence-corrected chi connectivity index (χ4v) is 4.22. The van der Waals surface area contributed by atoms with Crippen LogP contribution in [0.1, 0.15) is 23.6 Å². The van der Waals surface area contributed by atoms with Gasteiger partial charge in [0.25, 0.3) is 0 Å². The van der Waals surface area contributed by atoms with E-state index >= 15 is 0 Å². The van der Waals surface area contributed by atoms with E-state index in [2.05, 4.69) is 0 Å². The van der Waals surface area contributed by atoms with Crippen LogP contribution < -0.4 is 5.73 Å². The summed E-state index contributed by atoms with van der Waals surface area (Å²) in [5.41, 5.74) is 8.93. The number of nitrogens with two attached hydrogens (primary N) is 1. The number of hydrogen-bond donors (Lipinski definition) is 1. The normalized spacial score (nSPS) is 17.0. The molecule has 0 radical (unpaired) electrons. The molecule has 1 saturated heterocycles. The number of para-hydroxylation sites is 1. The monoisotopic (exact) mass is 396 g/mol. The van der Waals surface area contributed by atoms with Crippen LogP contribution in [-0.2, 0) is 11.2 Å². The van der Waals surface area contributed by atoms with Crippen LogP contribution in [0, 0.1) is 0 Å². The van der Waals surface area contributed by atoms with Crippen molar-refractivity contribution in [1.29, 1.82) is 0 Å². The number of rotatable bonds is 4. The van der Waals surface area contributed by atoms with Crippen LogP contribution in [0.25, 0.3) is 0 Å². The van der Waals surface area contributed by atoms with E-state index in [0.717, 1.165) is 39.9 Å². The lowest BCUT2D eigenvalue weighted by atomic mass is 10.0. The molecule has 1 atom stereocenters. The van der Waals surface area contributed by atoms with Gasteiger partial charge in [0.15, 0.2) is 0 Å². The van der Waals surface area contributed by atoms with Crippen molar-refractivity contribution in [2.24, 2.45) is 0 Å². The summed E-state index contributed by atoms with van der Waals surface area (Å²) in [5, 5.41) is 0.722. The number of nitrogens with zero attached hydrogens (tertiary/aromatic N) is 1. The number of benzene rings is 2. The maximum atomic E-state index is 12.8. The molecule has 0 aliphatic carbocycles. The Labute approximate surface area is 164 Å². The maximum Gasteiger partial charge on any atom is 0.223 e. The van der Waals surface area contributed by atoms with Crippen molar-refractivity contribution in [3.8, 4) is 0 Å². The Bertz CT molecular complexity index is 709. The summed E-state index contributed by atoms with van der Waals surface area (Å²) in [6.45, 7) is 0.793. The zero-order valence-electron chi connectivity index (χ0n) is 13.9. The van der Waals surface area contributed by atoms with Crippen LogP contribution in [0.5, 0.6) is 0 Å². The average molecular weight is 397 g/mol. The minimum atomic E-state index is 0. The second-order valence-corrected chi connectivity index (χ2v) is 7.51. The third-order valence-corrected chi connectivity index (χ3v) is 5.64. The number of anilines is 1. The Morgan fingerprint density at radius 1 is 1.20 bits per heavy atom. The van der Waals surface area contributed by atoms with E-state index in [1.54, 1.807) is 0 Å². The van der Waals surface area contributed by atoms with Gasteiger partial charge in [-0.1, -0.05) is 41.9 Å². The van der Waals surface area contributed by atoms with Crippen LogP contribution in [-0.4, -0.2) is 28.9 Å². The van der Waals surface area contributed by atoms with Crippen molar-refractivity contribution in [3.63, 3.8) is 0 Å². The highest BCUT2D eigenvalue weighted by molar-refractivity contribution is 7.99. The van der Waals surface area contributed by atoms with Gasteiger partial charge in [-0.3, -0.25) is 4.79 Å². The van der Waals surface area contributed by atoms with E-state index in [-0.39, 0.29) is 24.4 Å². The molecule has 2 aromatic carbocycles. The van der Waals surface area contributed by atoms with Gasteiger partial charge in [-0.05, 0) is 35.7 Å². The fourth-order valence-electron chi connectivity index (χ4n) is 3.01. The van der Waals surface area contributed by atoms with Gasteiger partial charge >= 0.3 is 0 Å². The van der Waals surface area contributed by atoms with Crippen molar-refractivity contribution in [3.05, 3.63) is 64.7 Å². The third kappa shape index (κ3) is 5.06. The summed E-state index contributed by atoms with van der Waals surface area (Å²) < 4.78 is 0. The topological polar surface area (TPSA) is 46.3 Å². The van der Waals surface area contributed by atoms with E-state index in [0.29, 0.717) is 12.8 Å². The molecule has 0 saturated carbocycles. The Kier molecular flexibility index (Phi) is 7.48. The lowest BCUT2D eigenvalue weighted by Crippen LogP contribution is -2.40. The van der Waals surface area contributed by atoms with E-state index in [1.165, 1.54) is 0 Å². The predicted octanol–water partition coefficient (Wildman–Crippen LogP) is 4.59. The molecule has 1 aliphatic rings. The fraction of sp³-hybridized carbons (Fsp3) is 0.316. The Morgan fingerprint density at radius 2 is 1.92 bits per heavy atom. The van der Waals surface area contributed by atoms with Gasteiger partial charge in [0.05, 0.1) is 6.04 Å². The average Bonchev–Trinajstić information content (AvgIpc) is 2.61. The van der Waals surface area contributed by atoms with Crippen LogP contribution in [0.2, 0.25) is 5.02 Å². The molecule has 134 valence electrons. The molecule has 1 unspecified atom stereocenters. The molecule has 25 heavy (non-hydrogen) atoms. The Balaban J connectivity index is 0.00000225. The number of thioether (sulfide) groups is 1. The lowest BCUT2D eigenvalue weighted by Gasteiger charge is -2.36. The van der Waals surface area contributed by atoms with Crippen LogP contribution in [0.15, 0.2) is 48.5 Å². The zero-order chi connectivity index (χ0) is 16.9. The molecule has 3 rings (SSSR count). The van der Waals surface area contributed by atoms with Crippen LogP contribution >= 0.6 is 35.8 Å². The predicted molar refractivity (Wildman–Crippen MR) is 110 cm³/mol. The first-order valence-corrected chi connectivity index (χ1v) is 9.64. The first-order chi connectivity index (χ1) is 11.6. The summed E-state index contributed by atoms with van der Waals surface area (Å²) in [5.74, 6) is 2.11. The molecular weight excluding hydrogens is 375 g/mol. The molecule has 1 heterocycles. The van der Waals surface area contributed by atoms with E-state index in [9.17, 15) is 4.79 Å². The molecule has 0 bridgehead atoms. The van der Waals surface area contributed by atoms with Crippen LogP contribution in [0.4, 0.5) is 5.69 Å². The smallest absolute Gasteiger partial charge is 0.223 e. The number of amides is 1. The van der Waals surface area contributed by atoms with Crippen molar-refractivity contribution in [2.75, 3.05) is 23.8 Å². The van der Waals surface area contributed by atoms with Crippen molar-refractivity contribution in [1.82, 2.24) is 4.90 Å². The number of nitrogen functional groups attached to an aromatic ring is 1. The van der Waals surface area contributed by atoms with Gasteiger partial charge in [0, 0.05) is 35.2 Å². The lowest BCUT2D eigenvalue weighted by molar-refractivity contribution is -0.133. The number of halogens is 2. The molecule has 1 aliphatic heterocycles. The Morgan fingerprint density at radius 3 is 2.64 bits per heavy atom. The number of carbonyl (C=O) groups excluding carboxylic acids is 1. The highest BCUT2D eigenvalue weighted by atomic mass is 35.5. The van der Waals surface area contributed by atoms with Gasteiger partial charge in [-0.2, -0.15) is 11.8 Å². The summed E-state index contributed by atoms with van der Waals surface area (Å²) in [6.07, 6.45) is 1.17. The second-order valence-electron chi connectivity index (χ2n) is 5.93. The van der Waals surface area contributed by atoms with E-state index in [4.69, 9.17) is 17.3 Å². The molecule has 2 aromatic rings. The first kappa shape index (κ1) is 20.0. The second kappa shape index (κ2) is 9.37. The molecule has 0 spiro atoms. The molecule has 2 N–H and O–H groups in total. The Hall–Kier alpha value is -1.36. The molecule has 1 amide bonds. The van der Waals surface area contributed by atoms with E-state index < -0.39 is 0 Å². The zero-order valence-corrected chi connectivity index (χ0v) is 16.2. The summed E-state index contributed by atoms with van der Waals surface area (Å²) in [4.78, 5) is 14.8. The molecule has 6 heteroatoms. The third-order valence-electron chi connectivity index (χ3n) is 4.37. The van der Waals surface area contributed by atoms with Crippen molar-refractivity contribution >= 4 is 47.4 Å². The number of hydrogen-bond acceptors (Lipinski definition) is 3. The molecule has 3 nitrogen and oxygen atoms in total. The highest BCUT2D eigenvalue weighted by Gasteiger charge is 2.28. The van der Waals surface area contributed by atoms with Gasteiger partial charge < -0.3 is 10.6 Å². The standard InChI is InChI=1S/C19H21ClN2OS.ClH/c20-16-8-5-15(6-9-16)18-13-24-12-11-22(18)19(23)10-7-14-3-1-2-4-17(14)21;/h1-6,8-9,18H,7,10-13,21H2;1H. The van der Waals surface area contributed by atoms with E-state index in [1.807, 2.05) is 65.2 Å². The summed E-state index contributed by atoms with van der Waals surface area (Å²) >= 11 is 7.88. The number of carbonyl (C=O) groups is 1. The van der Waals surface area contributed by atoms with Gasteiger partial charge in [0.1, 0.15) is 0 Å². The van der Waals surface area contributed by atoms with Gasteiger partial charge in [0.2, 0.25) is 5.91 Å². The molecular formula is C19H22Cl2N2OS. The van der Waals surface area contributed by atoms with Crippen molar-refractivity contribution in [2.45, 2.75) is 18.9 Å². The van der Waals surface area contributed by atoms with Crippen LogP contribution in [0.3, 0.4) is 0 Å². The minimum Gasteiger partial charge on any atom is -0.399 e. The quantitative estimate of drug-likeness (QED) is 0.768. The van der Waals surface area contributed by atoms with Crippen molar-refractivity contribution < 1.29 is 4.79 Å². The molecule has 1 fully saturated rings. The highest BCUT2D eigenvalue weighted by Crippen LogP contribution is 2.31. The molecule has 0 aromatic heterocycles. The summed E-state index contributed by atoms with van der Waals surface area (Å²) in [7, 11) is 0. The van der Waals surface area contributed by atoms with Gasteiger partial charge in [-0.25, -0.2) is 0 Å². The van der Waals surface area contributed by atoms with Gasteiger partial charge in [-0.15, -0.1) is 12.4 Å².